The van der Waals surface area contributed by atoms with Crippen molar-refractivity contribution in [3.8, 4) is 11.4 Å². The predicted octanol–water partition coefficient (Wildman–Crippen LogP) is 2.12. The molecule has 0 saturated carbocycles. The molecule has 0 unspecified atom stereocenters. The first kappa shape index (κ1) is 13.5. The average molecular weight is 327 g/mol. The van der Waals surface area contributed by atoms with Gasteiger partial charge in [-0.25, -0.2) is 4.68 Å². The van der Waals surface area contributed by atoms with E-state index in [1.807, 2.05) is 0 Å². The second-order valence-corrected chi connectivity index (χ2v) is 4.50. The normalized spacial score (nSPS) is 10.4. The molecule has 1 heterocycles. The molecule has 0 aliphatic heterocycles. The van der Waals surface area contributed by atoms with Crippen molar-refractivity contribution in [2.75, 3.05) is 12.4 Å². The van der Waals surface area contributed by atoms with Gasteiger partial charge in [-0.3, -0.25) is 10.1 Å². The molecule has 8 heteroatoms. The Hall–Kier alpha value is -1.96. The third kappa shape index (κ3) is 2.90. The zero-order valence-corrected chi connectivity index (χ0v) is 11.7. The lowest BCUT2D eigenvalue weighted by Crippen LogP contribution is -2.00. The van der Waals surface area contributed by atoms with E-state index in [4.69, 9.17) is 4.74 Å². The Morgan fingerprint density at radius 3 is 2.95 bits per heavy atom. The highest BCUT2D eigenvalue weighted by Gasteiger charge is 2.13. The topological polar surface area (TPSA) is 83.1 Å². The lowest BCUT2D eigenvalue weighted by atomic mass is 10.2. The first-order valence-corrected chi connectivity index (χ1v) is 6.58. The van der Waals surface area contributed by atoms with E-state index in [1.54, 1.807) is 16.9 Å². The average Bonchev–Trinajstić information content (AvgIpc) is 2.86. The van der Waals surface area contributed by atoms with Crippen LogP contribution in [0.3, 0.4) is 0 Å². The molecule has 0 atom stereocenters. The van der Waals surface area contributed by atoms with E-state index in [1.165, 1.54) is 19.2 Å². The number of nitro groups is 1. The van der Waals surface area contributed by atoms with Gasteiger partial charge in [-0.05, 0) is 6.07 Å². The van der Waals surface area contributed by atoms with Gasteiger partial charge >= 0.3 is 0 Å². The summed E-state index contributed by atoms with van der Waals surface area (Å²) in [5.74, 6) is 0.379. The van der Waals surface area contributed by atoms with Crippen LogP contribution in [0.1, 0.15) is 5.69 Å². The molecule has 0 amide bonds. The van der Waals surface area contributed by atoms with Gasteiger partial charge in [-0.2, -0.15) is 0 Å². The Bertz CT molecular complexity index is 599. The number of non-ortho nitro benzene ring substituents is 1. The SMILES string of the molecule is COc1cc([N+](=O)[O-])ccc1-n1cc(CCBr)nn1. The Balaban J connectivity index is 2.40. The summed E-state index contributed by atoms with van der Waals surface area (Å²) in [4.78, 5) is 10.2. The predicted molar refractivity (Wildman–Crippen MR) is 72.1 cm³/mol. The van der Waals surface area contributed by atoms with Gasteiger partial charge in [0.05, 0.1) is 30.0 Å². The lowest BCUT2D eigenvalue weighted by molar-refractivity contribution is -0.384. The number of aromatic nitrogens is 3. The molecule has 100 valence electrons. The molecule has 0 spiro atoms. The largest absolute Gasteiger partial charge is 0.494 e. The molecule has 0 N–H and O–H groups in total. The third-order valence-electron chi connectivity index (χ3n) is 2.51. The molecular weight excluding hydrogens is 316 g/mol. The Morgan fingerprint density at radius 2 is 2.32 bits per heavy atom. The Kier molecular flexibility index (Phi) is 4.10. The van der Waals surface area contributed by atoms with Crippen molar-refractivity contribution in [2.24, 2.45) is 0 Å². The van der Waals surface area contributed by atoms with Crippen molar-refractivity contribution >= 4 is 21.6 Å². The maximum absolute atomic E-state index is 10.7. The molecule has 19 heavy (non-hydrogen) atoms. The highest BCUT2D eigenvalue weighted by molar-refractivity contribution is 9.09. The maximum atomic E-state index is 10.7. The number of aryl methyl sites for hydroxylation is 1. The monoisotopic (exact) mass is 326 g/mol. The van der Waals surface area contributed by atoms with Crippen LogP contribution >= 0.6 is 15.9 Å². The lowest BCUT2D eigenvalue weighted by Gasteiger charge is -2.06. The second kappa shape index (κ2) is 5.79. The molecule has 0 fully saturated rings. The van der Waals surface area contributed by atoms with Crippen molar-refractivity contribution in [1.29, 1.82) is 0 Å². The van der Waals surface area contributed by atoms with Crippen LogP contribution in [-0.4, -0.2) is 32.4 Å². The molecule has 2 rings (SSSR count). The standard InChI is InChI=1S/C11H11BrN4O3/c1-19-11-6-9(16(17)18)2-3-10(11)15-7-8(4-5-12)13-14-15/h2-3,6-7H,4-5H2,1H3. The highest BCUT2D eigenvalue weighted by Crippen LogP contribution is 2.27. The van der Waals surface area contributed by atoms with Gasteiger partial charge in [0.2, 0.25) is 0 Å². The van der Waals surface area contributed by atoms with E-state index in [0.29, 0.717) is 11.4 Å². The van der Waals surface area contributed by atoms with Gasteiger partial charge < -0.3 is 4.74 Å². The van der Waals surface area contributed by atoms with Crippen molar-refractivity contribution in [3.05, 3.63) is 40.2 Å². The first-order chi connectivity index (χ1) is 9.15. The van der Waals surface area contributed by atoms with E-state index < -0.39 is 4.92 Å². The molecule has 7 nitrogen and oxygen atoms in total. The van der Waals surface area contributed by atoms with Crippen LogP contribution in [0.25, 0.3) is 5.69 Å². The minimum atomic E-state index is -0.468. The van der Waals surface area contributed by atoms with Crippen LogP contribution in [-0.2, 0) is 6.42 Å². The summed E-state index contributed by atoms with van der Waals surface area (Å²) in [5, 5.41) is 19.5. The highest BCUT2D eigenvalue weighted by atomic mass is 79.9. The van der Waals surface area contributed by atoms with Crippen LogP contribution in [0.4, 0.5) is 5.69 Å². The van der Waals surface area contributed by atoms with Crippen molar-refractivity contribution in [3.63, 3.8) is 0 Å². The van der Waals surface area contributed by atoms with Crippen molar-refractivity contribution < 1.29 is 9.66 Å². The number of alkyl halides is 1. The number of hydrogen-bond acceptors (Lipinski definition) is 5. The quantitative estimate of drug-likeness (QED) is 0.477. The van der Waals surface area contributed by atoms with Gasteiger partial charge in [0.25, 0.3) is 5.69 Å². The van der Waals surface area contributed by atoms with Crippen molar-refractivity contribution in [2.45, 2.75) is 6.42 Å². The molecule has 1 aromatic heterocycles. The van der Waals surface area contributed by atoms with Gasteiger partial charge in [0.1, 0.15) is 5.69 Å². The molecular formula is C11H11BrN4O3. The molecule has 0 aliphatic carbocycles. The number of halogens is 1. The summed E-state index contributed by atoms with van der Waals surface area (Å²) >= 11 is 3.33. The van der Waals surface area contributed by atoms with E-state index in [0.717, 1.165) is 17.4 Å². The van der Waals surface area contributed by atoms with Gasteiger partial charge in [0.15, 0.2) is 5.75 Å². The zero-order valence-electron chi connectivity index (χ0n) is 10.1. The molecule has 1 aromatic carbocycles. The Labute approximate surface area is 117 Å². The fraction of sp³-hybridized carbons (Fsp3) is 0.273. The first-order valence-electron chi connectivity index (χ1n) is 5.45. The van der Waals surface area contributed by atoms with E-state index in [2.05, 4.69) is 26.2 Å². The maximum Gasteiger partial charge on any atom is 0.273 e. The summed E-state index contributed by atoms with van der Waals surface area (Å²) in [6.07, 6.45) is 2.53. The van der Waals surface area contributed by atoms with Crippen LogP contribution in [0.15, 0.2) is 24.4 Å². The molecule has 0 radical (unpaired) electrons. The number of ether oxygens (including phenoxy) is 1. The number of nitro benzene ring substituents is 1. The fourth-order valence-corrected chi connectivity index (χ4v) is 2.00. The summed E-state index contributed by atoms with van der Waals surface area (Å²) in [5.41, 5.74) is 1.42. The minimum absolute atomic E-state index is 0.0265. The van der Waals surface area contributed by atoms with E-state index >= 15 is 0 Å². The summed E-state index contributed by atoms with van der Waals surface area (Å²) in [7, 11) is 1.46. The smallest absolute Gasteiger partial charge is 0.273 e. The second-order valence-electron chi connectivity index (χ2n) is 3.71. The number of rotatable bonds is 5. The summed E-state index contributed by atoms with van der Waals surface area (Å²) in [6, 6.07) is 4.36. The van der Waals surface area contributed by atoms with Crippen LogP contribution in [0.2, 0.25) is 0 Å². The third-order valence-corrected chi connectivity index (χ3v) is 2.91. The van der Waals surface area contributed by atoms with Gasteiger partial charge in [-0.15, -0.1) is 5.10 Å². The van der Waals surface area contributed by atoms with Crippen LogP contribution in [0, 0.1) is 10.1 Å². The van der Waals surface area contributed by atoms with Crippen LogP contribution in [0.5, 0.6) is 5.75 Å². The van der Waals surface area contributed by atoms with Crippen molar-refractivity contribution in [1.82, 2.24) is 15.0 Å². The fourth-order valence-electron chi connectivity index (χ4n) is 1.60. The molecule has 2 aromatic rings. The number of hydrogen-bond donors (Lipinski definition) is 0. The number of nitrogens with zero attached hydrogens (tertiary/aromatic N) is 4. The van der Waals surface area contributed by atoms with Gasteiger partial charge in [-0.1, -0.05) is 21.1 Å². The Morgan fingerprint density at radius 1 is 1.53 bits per heavy atom. The van der Waals surface area contributed by atoms with Crippen LogP contribution < -0.4 is 4.74 Å². The molecule has 0 bridgehead atoms. The minimum Gasteiger partial charge on any atom is -0.494 e. The zero-order chi connectivity index (χ0) is 13.8. The van der Waals surface area contributed by atoms with Gasteiger partial charge in [0, 0.05) is 17.8 Å². The molecule has 0 aliphatic rings. The summed E-state index contributed by atoms with van der Waals surface area (Å²) in [6.45, 7) is 0. The number of benzene rings is 1. The van der Waals surface area contributed by atoms with E-state index in [-0.39, 0.29) is 5.69 Å². The van der Waals surface area contributed by atoms with E-state index in [9.17, 15) is 10.1 Å². The molecule has 0 saturated heterocycles. The summed E-state index contributed by atoms with van der Waals surface area (Å²) < 4.78 is 6.70. The number of methoxy groups -OCH3 is 1.